The highest BCUT2D eigenvalue weighted by Gasteiger charge is 2.12. The maximum atomic E-state index is 12.1. The molecule has 0 atom stereocenters. The van der Waals surface area contributed by atoms with Gasteiger partial charge in [-0.25, -0.2) is 4.68 Å². The number of allylic oxidation sites excluding steroid dienone is 1. The first-order valence-corrected chi connectivity index (χ1v) is 7.92. The molecule has 0 saturated heterocycles. The number of hydrogen-bond acceptors (Lipinski definition) is 3. The van der Waals surface area contributed by atoms with Gasteiger partial charge in [-0.2, -0.15) is 5.10 Å². The summed E-state index contributed by atoms with van der Waals surface area (Å²) in [5.41, 5.74) is 3.19. The van der Waals surface area contributed by atoms with E-state index in [0.717, 1.165) is 16.8 Å². The Kier molecular flexibility index (Phi) is 4.87. The van der Waals surface area contributed by atoms with Gasteiger partial charge in [-0.3, -0.25) is 9.78 Å². The first-order valence-electron chi connectivity index (χ1n) is 7.54. The van der Waals surface area contributed by atoms with Crippen LogP contribution in [0.25, 0.3) is 6.08 Å². The van der Waals surface area contributed by atoms with E-state index in [1.807, 2.05) is 37.3 Å². The lowest BCUT2D eigenvalue weighted by Gasteiger charge is -2.03. The van der Waals surface area contributed by atoms with Crippen LogP contribution < -0.4 is 0 Å². The average Bonchev–Trinajstić information content (AvgIpc) is 2.88. The molecule has 0 aliphatic rings. The summed E-state index contributed by atoms with van der Waals surface area (Å²) in [5, 5.41) is 4.99. The summed E-state index contributed by atoms with van der Waals surface area (Å²) < 4.78 is 1.74. The number of carbonyl (C=O) groups excluding carboxylic acids is 1. The Morgan fingerprint density at radius 2 is 2.00 bits per heavy atom. The Morgan fingerprint density at radius 3 is 2.71 bits per heavy atom. The summed E-state index contributed by atoms with van der Waals surface area (Å²) in [5.74, 6) is -0.116. The predicted molar refractivity (Wildman–Crippen MR) is 95.1 cm³/mol. The zero-order chi connectivity index (χ0) is 16.9. The standard InChI is InChI=1S/C19H16ClN3O/c1-14-17(9-10-18(24)16-8-5-11-21-12-16)19(20)23(22-14)13-15-6-3-2-4-7-15/h2-12H,13H2,1H3/b10-9+. The molecule has 0 N–H and O–H groups in total. The molecule has 0 aliphatic heterocycles. The molecule has 0 fully saturated rings. The number of nitrogens with zero attached hydrogens (tertiary/aromatic N) is 3. The minimum atomic E-state index is -0.116. The maximum Gasteiger partial charge on any atom is 0.187 e. The highest BCUT2D eigenvalue weighted by atomic mass is 35.5. The molecular formula is C19H16ClN3O. The van der Waals surface area contributed by atoms with Gasteiger partial charge in [-0.15, -0.1) is 0 Å². The number of hydrogen-bond donors (Lipinski definition) is 0. The lowest BCUT2D eigenvalue weighted by molar-refractivity contribution is 0.104. The summed E-state index contributed by atoms with van der Waals surface area (Å²) in [6.07, 6.45) is 6.39. The summed E-state index contributed by atoms with van der Waals surface area (Å²) in [4.78, 5) is 16.1. The third-order valence-corrected chi connectivity index (χ3v) is 4.03. The summed E-state index contributed by atoms with van der Waals surface area (Å²) in [7, 11) is 0. The molecule has 0 radical (unpaired) electrons. The lowest BCUT2D eigenvalue weighted by atomic mass is 10.1. The van der Waals surface area contributed by atoms with Gasteiger partial charge < -0.3 is 0 Å². The van der Waals surface area contributed by atoms with Crippen LogP contribution in [0.2, 0.25) is 5.15 Å². The number of ketones is 1. The number of carbonyl (C=O) groups is 1. The molecule has 0 aliphatic carbocycles. The van der Waals surface area contributed by atoms with E-state index in [1.54, 1.807) is 35.3 Å². The molecule has 24 heavy (non-hydrogen) atoms. The lowest BCUT2D eigenvalue weighted by Crippen LogP contribution is -2.01. The second-order valence-electron chi connectivity index (χ2n) is 5.37. The fraction of sp³-hybridized carbons (Fsp3) is 0.105. The summed E-state index contributed by atoms with van der Waals surface area (Å²) in [6, 6.07) is 13.4. The van der Waals surface area contributed by atoms with E-state index in [0.29, 0.717) is 17.3 Å². The van der Waals surface area contributed by atoms with E-state index in [9.17, 15) is 4.79 Å². The zero-order valence-corrected chi connectivity index (χ0v) is 13.9. The van der Waals surface area contributed by atoms with Gasteiger partial charge in [0.25, 0.3) is 0 Å². The Labute approximate surface area is 145 Å². The van der Waals surface area contributed by atoms with Gasteiger partial charge in [0.1, 0.15) is 5.15 Å². The van der Waals surface area contributed by atoms with Crippen LogP contribution in [0.4, 0.5) is 0 Å². The first kappa shape index (κ1) is 16.1. The van der Waals surface area contributed by atoms with Crippen molar-refractivity contribution in [2.45, 2.75) is 13.5 Å². The van der Waals surface area contributed by atoms with Crippen LogP contribution in [-0.2, 0) is 6.54 Å². The van der Waals surface area contributed by atoms with Crippen molar-refractivity contribution in [1.29, 1.82) is 0 Å². The summed E-state index contributed by atoms with van der Waals surface area (Å²) in [6.45, 7) is 2.46. The molecule has 0 spiro atoms. The van der Waals surface area contributed by atoms with E-state index in [4.69, 9.17) is 11.6 Å². The van der Waals surface area contributed by atoms with Crippen LogP contribution in [0, 0.1) is 6.92 Å². The highest BCUT2D eigenvalue weighted by Crippen LogP contribution is 2.22. The number of benzene rings is 1. The third kappa shape index (κ3) is 3.60. The molecule has 5 heteroatoms. The first-order chi connectivity index (χ1) is 11.6. The fourth-order valence-corrected chi connectivity index (χ4v) is 2.68. The van der Waals surface area contributed by atoms with Gasteiger partial charge in [0, 0.05) is 23.5 Å². The van der Waals surface area contributed by atoms with Gasteiger partial charge in [-0.1, -0.05) is 41.9 Å². The van der Waals surface area contributed by atoms with Crippen molar-refractivity contribution in [3.63, 3.8) is 0 Å². The van der Waals surface area contributed by atoms with E-state index >= 15 is 0 Å². The van der Waals surface area contributed by atoms with Crippen molar-refractivity contribution in [3.8, 4) is 0 Å². The normalized spacial score (nSPS) is 11.1. The van der Waals surface area contributed by atoms with Crippen LogP contribution in [0.15, 0.2) is 60.9 Å². The van der Waals surface area contributed by atoms with Gasteiger partial charge in [-0.05, 0) is 36.8 Å². The van der Waals surface area contributed by atoms with Crippen LogP contribution in [0.5, 0.6) is 0 Å². The molecular weight excluding hydrogens is 322 g/mol. The molecule has 3 aromatic rings. The molecule has 0 saturated carbocycles. The SMILES string of the molecule is Cc1nn(Cc2ccccc2)c(Cl)c1/C=C/C(=O)c1cccnc1. The molecule has 0 bridgehead atoms. The third-order valence-electron chi connectivity index (χ3n) is 3.63. The smallest absolute Gasteiger partial charge is 0.187 e. The van der Waals surface area contributed by atoms with Crippen molar-refractivity contribution in [2.24, 2.45) is 0 Å². The fourth-order valence-electron chi connectivity index (χ4n) is 2.38. The second kappa shape index (κ2) is 7.23. The highest BCUT2D eigenvalue weighted by molar-refractivity contribution is 6.31. The molecule has 120 valence electrons. The van der Waals surface area contributed by atoms with Crippen LogP contribution in [-0.4, -0.2) is 20.5 Å². The number of aromatic nitrogens is 3. The average molecular weight is 338 g/mol. The van der Waals surface area contributed by atoms with E-state index in [1.165, 1.54) is 6.08 Å². The van der Waals surface area contributed by atoms with Gasteiger partial charge >= 0.3 is 0 Å². The second-order valence-corrected chi connectivity index (χ2v) is 5.73. The Bertz CT molecular complexity index is 870. The van der Waals surface area contributed by atoms with E-state index < -0.39 is 0 Å². The van der Waals surface area contributed by atoms with E-state index in [2.05, 4.69) is 10.1 Å². The maximum absolute atomic E-state index is 12.1. The van der Waals surface area contributed by atoms with Gasteiger partial charge in [0.2, 0.25) is 0 Å². The number of rotatable bonds is 5. The Hall–Kier alpha value is -2.72. The van der Waals surface area contributed by atoms with Crippen molar-refractivity contribution >= 4 is 23.5 Å². The molecule has 3 rings (SSSR count). The number of aryl methyl sites for hydroxylation is 1. The van der Waals surface area contributed by atoms with Crippen LogP contribution in [0.3, 0.4) is 0 Å². The largest absolute Gasteiger partial charge is 0.289 e. The molecule has 0 unspecified atom stereocenters. The van der Waals surface area contributed by atoms with Crippen LogP contribution >= 0.6 is 11.6 Å². The zero-order valence-electron chi connectivity index (χ0n) is 13.2. The number of halogens is 1. The molecule has 4 nitrogen and oxygen atoms in total. The van der Waals surface area contributed by atoms with Crippen molar-refractivity contribution < 1.29 is 4.79 Å². The topological polar surface area (TPSA) is 47.8 Å². The molecule has 0 amide bonds. The minimum absolute atomic E-state index is 0.116. The molecule has 2 aromatic heterocycles. The monoisotopic (exact) mass is 337 g/mol. The molecule has 1 aromatic carbocycles. The van der Waals surface area contributed by atoms with Crippen LogP contribution in [0.1, 0.15) is 27.2 Å². The van der Waals surface area contributed by atoms with Crippen molar-refractivity contribution in [1.82, 2.24) is 14.8 Å². The molecule has 2 heterocycles. The van der Waals surface area contributed by atoms with Gasteiger partial charge in [0.15, 0.2) is 5.78 Å². The predicted octanol–water partition coefficient (Wildman–Crippen LogP) is 4.18. The Balaban J connectivity index is 1.82. The summed E-state index contributed by atoms with van der Waals surface area (Å²) >= 11 is 6.43. The Morgan fingerprint density at radius 1 is 1.21 bits per heavy atom. The minimum Gasteiger partial charge on any atom is -0.289 e. The number of pyridine rings is 1. The van der Waals surface area contributed by atoms with Crippen molar-refractivity contribution in [3.05, 3.63) is 88.5 Å². The van der Waals surface area contributed by atoms with E-state index in [-0.39, 0.29) is 5.78 Å². The van der Waals surface area contributed by atoms with Crippen molar-refractivity contribution in [2.75, 3.05) is 0 Å². The van der Waals surface area contributed by atoms with Gasteiger partial charge in [0.05, 0.1) is 12.2 Å². The quantitative estimate of drug-likeness (QED) is 0.518.